The summed E-state index contributed by atoms with van der Waals surface area (Å²) in [5.41, 5.74) is 1.39. The molecule has 112 valence electrons. The Hall–Kier alpha value is -1.72. The topological polar surface area (TPSA) is 62.2 Å². The number of carboxylic acids is 1. The Bertz CT molecular complexity index is 591. The molecule has 0 aliphatic rings. The molecule has 1 aromatic carbocycles. The van der Waals surface area contributed by atoms with Gasteiger partial charge >= 0.3 is 5.97 Å². The van der Waals surface area contributed by atoms with Crippen molar-refractivity contribution in [2.45, 2.75) is 33.4 Å². The molecular formula is C16H20N2O2S. The Morgan fingerprint density at radius 2 is 2.00 bits per heavy atom. The molecular weight excluding hydrogens is 284 g/mol. The number of benzene rings is 1. The molecule has 21 heavy (non-hydrogen) atoms. The highest BCUT2D eigenvalue weighted by molar-refractivity contribution is 7.11. The summed E-state index contributed by atoms with van der Waals surface area (Å²) in [4.78, 5) is 16.4. The van der Waals surface area contributed by atoms with Crippen LogP contribution in [0.25, 0.3) is 0 Å². The zero-order valence-electron chi connectivity index (χ0n) is 12.3. The average Bonchev–Trinajstić information content (AvgIpc) is 2.86. The van der Waals surface area contributed by atoms with Gasteiger partial charge in [0.2, 0.25) is 0 Å². The first-order chi connectivity index (χ1) is 10.0. The Labute approximate surface area is 128 Å². The van der Waals surface area contributed by atoms with Crippen LogP contribution in [0, 0.1) is 5.92 Å². The van der Waals surface area contributed by atoms with Gasteiger partial charge in [-0.25, -0.2) is 9.78 Å². The number of hydrogen-bond acceptors (Lipinski definition) is 4. The maximum atomic E-state index is 10.8. The molecule has 4 nitrogen and oxygen atoms in total. The monoisotopic (exact) mass is 304 g/mol. The second-order valence-corrected chi connectivity index (χ2v) is 6.62. The van der Waals surface area contributed by atoms with Crippen LogP contribution in [0.1, 0.15) is 39.7 Å². The van der Waals surface area contributed by atoms with Crippen LogP contribution in [0.15, 0.2) is 30.5 Å². The van der Waals surface area contributed by atoms with Crippen LogP contribution in [0.4, 0.5) is 0 Å². The lowest BCUT2D eigenvalue weighted by Gasteiger charge is -2.03. The minimum absolute atomic E-state index is 0.319. The van der Waals surface area contributed by atoms with Crippen molar-refractivity contribution >= 4 is 17.3 Å². The smallest absolute Gasteiger partial charge is 0.335 e. The largest absolute Gasteiger partial charge is 0.478 e. The van der Waals surface area contributed by atoms with Gasteiger partial charge in [0, 0.05) is 30.6 Å². The van der Waals surface area contributed by atoms with Crippen molar-refractivity contribution in [1.29, 1.82) is 0 Å². The molecule has 0 unspecified atom stereocenters. The first-order valence-corrected chi connectivity index (χ1v) is 7.83. The fourth-order valence-electron chi connectivity index (χ4n) is 1.97. The summed E-state index contributed by atoms with van der Waals surface area (Å²) in [6.07, 6.45) is 2.96. The molecule has 5 heteroatoms. The van der Waals surface area contributed by atoms with E-state index in [1.807, 2.05) is 18.3 Å². The highest BCUT2D eigenvalue weighted by Gasteiger charge is 2.05. The highest BCUT2D eigenvalue weighted by atomic mass is 32.1. The van der Waals surface area contributed by atoms with Gasteiger partial charge in [-0.15, -0.1) is 11.3 Å². The minimum Gasteiger partial charge on any atom is -0.478 e. The molecule has 0 fully saturated rings. The Morgan fingerprint density at radius 3 is 2.62 bits per heavy atom. The number of nitrogens with zero attached hydrogens (tertiary/aromatic N) is 1. The van der Waals surface area contributed by atoms with Crippen LogP contribution >= 0.6 is 11.3 Å². The van der Waals surface area contributed by atoms with Gasteiger partial charge in [0.1, 0.15) is 0 Å². The van der Waals surface area contributed by atoms with Gasteiger partial charge in [0.05, 0.1) is 10.6 Å². The van der Waals surface area contributed by atoms with Crippen LogP contribution in [0.2, 0.25) is 0 Å². The number of nitrogens with one attached hydrogen (secondary N) is 1. The summed E-state index contributed by atoms with van der Waals surface area (Å²) in [6, 6.07) is 6.94. The second kappa shape index (κ2) is 7.33. The third-order valence-electron chi connectivity index (χ3n) is 3.01. The molecule has 0 radical (unpaired) electrons. The van der Waals surface area contributed by atoms with E-state index in [1.54, 1.807) is 23.5 Å². The number of thiazole rings is 1. The third kappa shape index (κ3) is 4.95. The summed E-state index contributed by atoms with van der Waals surface area (Å²) in [5, 5.41) is 13.4. The molecule has 2 N–H and O–H groups in total. The number of carboxylic acid groups (broad SMARTS) is 1. The average molecular weight is 304 g/mol. The fourth-order valence-corrected chi connectivity index (χ4v) is 3.07. The van der Waals surface area contributed by atoms with Crippen molar-refractivity contribution in [2.24, 2.45) is 5.92 Å². The second-order valence-electron chi connectivity index (χ2n) is 5.42. The predicted octanol–water partition coefficient (Wildman–Crippen LogP) is 3.33. The molecule has 2 rings (SSSR count). The third-order valence-corrected chi connectivity index (χ3v) is 4.03. The van der Waals surface area contributed by atoms with Gasteiger partial charge < -0.3 is 10.4 Å². The van der Waals surface area contributed by atoms with E-state index in [0.29, 0.717) is 11.5 Å². The van der Waals surface area contributed by atoms with E-state index < -0.39 is 5.97 Å². The van der Waals surface area contributed by atoms with E-state index in [2.05, 4.69) is 24.1 Å². The molecule has 1 aromatic heterocycles. The van der Waals surface area contributed by atoms with E-state index in [9.17, 15) is 4.79 Å². The number of rotatable bonds is 7. The van der Waals surface area contributed by atoms with Crippen LogP contribution in [0.5, 0.6) is 0 Å². The van der Waals surface area contributed by atoms with Crippen LogP contribution in [-0.4, -0.2) is 16.1 Å². The lowest BCUT2D eigenvalue weighted by atomic mass is 10.1. The summed E-state index contributed by atoms with van der Waals surface area (Å²) in [7, 11) is 0. The van der Waals surface area contributed by atoms with E-state index in [-0.39, 0.29) is 0 Å². The van der Waals surface area contributed by atoms with E-state index in [1.165, 1.54) is 9.88 Å². The lowest BCUT2D eigenvalue weighted by Crippen LogP contribution is -2.11. The zero-order chi connectivity index (χ0) is 15.2. The Morgan fingerprint density at radius 1 is 1.29 bits per heavy atom. The molecule has 0 aliphatic carbocycles. The van der Waals surface area contributed by atoms with Crippen molar-refractivity contribution in [1.82, 2.24) is 10.3 Å². The van der Waals surface area contributed by atoms with Gasteiger partial charge in [-0.2, -0.15) is 0 Å². The van der Waals surface area contributed by atoms with E-state index in [4.69, 9.17) is 5.11 Å². The summed E-state index contributed by atoms with van der Waals surface area (Å²) >= 11 is 1.75. The van der Waals surface area contributed by atoms with Gasteiger partial charge in [0.25, 0.3) is 0 Å². The summed E-state index contributed by atoms with van der Waals surface area (Å²) < 4.78 is 0. The lowest BCUT2D eigenvalue weighted by molar-refractivity contribution is 0.0697. The fraction of sp³-hybridized carbons (Fsp3) is 0.375. The van der Waals surface area contributed by atoms with Crippen LogP contribution in [0.3, 0.4) is 0 Å². The van der Waals surface area contributed by atoms with Gasteiger partial charge in [-0.05, 0) is 23.6 Å². The Kier molecular flexibility index (Phi) is 5.47. The molecule has 0 saturated carbocycles. The van der Waals surface area contributed by atoms with E-state index in [0.717, 1.165) is 25.1 Å². The number of hydrogen-bond donors (Lipinski definition) is 2. The Balaban J connectivity index is 1.81. The van der Waals surface area contributed by atoms with Crippen molar-refractivity contribution < 1.29 is 9.90 Å². The summed E-state index contributed by atoms with van der Waals surface area (Å²) in [5.74, 6) is -0.262. The van der Waals surface area contributed by atoms with Crippen LogP contribution in [-0.2, 0) is 19.5 Å². The molecule has 2 aromatic rings. The number of carbonyl (C=O) groups is 1. The van der Waals surface area contributed by atoms with Gasteiger partial charge in [0.15, 0.2) is 0 Å². The number of aromatic nitrogens is 1. The molecule has 0 aliphatic heterocycles. The standard InChI is InChI=1S/C16H20N2O2S/c1-11(2)7-15-18-10-14(21-15)9-17-8-12-3-5-13(6-4-12)16(19)20/h3-6,10-11,17H,7-9H2,1-2H3,(H,19,20). The first-order valence-electron chi connectivity index (χ1n) is 7.01. The maximum absolute atomic E-state index is 10.8. The molecule has 0 atom stereocenters. The molecule has 0 spiro atoms. The van der Waals surface area contributed by atoms with Crippen molar-refractivity contribution in [3.63, 3.8) is 0 Å². The number of aromatic carboxylic acids is 1. The molecule has 0 bridgehead atoms. The van der Waals surface area contributed by atoms with Crippen molar-refractivity contribution in [2.75, 3.05) is 0 Å². The predicted molar refractivity (Wildman–Crippen MR) is 84.6 cm³/mol. The SMILES string of the molecule is CC(C)Cc1ncc(CNCc2ccc(C(=O)O)cc2)s1. The molecule has 1 heterocycles. The van der Waals surface area contributed by atoms with Gasteiger partial charge in [-0.3, -0.25) is 0 Å². The normalized spacial score (nSPS) is 11.0. The summed E-state index contributed by atoms with van der Waals surface area (Å²) in [6.45, 7) is 5.90. The molecule has 0 saturated heterocycles. The quantitative estimate of drug-likeness (QED) is 0.823. The van der Waals surface area contributed by atoms with E-state index >= 15 is 0 Å². The zero-order valence-corrected chi connectivity index (χ0v) is 13.1. The van der Waals surface area contributed by atoms with Gasteiger partial charge in [-0.1, -0.05) is 26.0 Å². The molecule has 0 amide bonds. The maximum Gasteiger partial charge on any atom is 0.335 e. The van der Waals surface area contributed by atoms with Crippen molar-refractivity contribution in [3.05, 3.63) is 51.5 Å². The van der Waals surface area contributed by atoms with Crippen molar-refractivity contribution in [3.8, 4) is 0 Å². The highest BCUT2D eigenvalue weighted by Crippen LogP contribution is 2.16. The minimum atomic E-state index is -0.892. The van der Waals surface area contributed by atoms with Crippen LogP contribution < -0.4 is 5.32 Å². The first kappa shape index (κ1) is 15.7.